The van der Waals surface area contributed by atoms with Gasteiger partial charge in [-0.05, 0) is 19.3 Å². The van der Waals surface area contributed by atoms with E-state index < -0.39 is 48.8 Å². The number of carbonyl (C=O) groups is 3. The molecule has 10 heteroatoms. The molecule has 0 fully saturated rings. The molecule has 0 saturated heterocycles. The molecule has 7 N–H and O–H groups in total. The van der Waals surface area contributed by atoms with E-state index in [0.717, 1.165) is 0 Å². The summed E-state index contributed by atoms with van der Waals surface area (Å²) in [4.78, 5) is 34.8. The topological polar surface area (TPSA) is 177 Å². The first-order chi connectivity index (χ1) is 11.6. The highest BCUT2D eigenvalue weighted by molar-refractivity contribution is 5.77. The predicted octanol–water partition coefficient (Wildman–Crippen LogP) is -1.98. The van der Waals surface area contributed by atoms with E-state index in [2.05, 4.69) is 0 Å². The van der Waals surface area contributed by atoms with Gasteiger partial charge in [-0.15, -0.1) is 0 Å². The predicted molar refractivity (Wildman–Crippen MR) is 87.9 cm³/mol. The first-order valence-corrected chi connectivity index (χ1v) is 8.00. The highest BCUT2D eigenvalue weighted by Gasteiger charge is 2.26. The zero-order chi connectivity index (χ0) is 19.6. The number of carbonyl (C=O) groups excluding carboxylic acids is 3. The van der Waals surface area contributed by atoms with E-state index in [1.54, 1.807) is 0 Å². The summed E-state index contributed by atoms with van der Waals surface area (Å²) >= 11 is 0. The Morgan fingerprint density at radius 3 is 2.04 bits per heavy atom. The number of ether oxygens (including phenoxy) is 3. The van der Waals surface area contributed by atoms with Crippen LogP contribution in [-0.4, -0.2) is 67.1 Å². The van der Waals surface area contributed by atoms with Crippen molar-refractivity contribution in [3.8, 4) is 0 Å². The molecule has 0 saturated carbocycles. The average Bonchev–Trinajstić information content (AvgIpc) is 2.54. The number of hydrogen-bond donors (Lipinski definition) is 4. The molecule has 0 heterocycles. The molecule has 0 radical (unpaired) electrons. The summed E-state index contributed by atoms with van der Waals surface area (Å²) in [6.07, 6.45) is -1.77. The Morgan fingerprint density at radius 2 is 1.56 bits per heavy atom. The highest BCUT2D eigenvalue weighted by Crippen LogP contribution is 2.07. The van der Waals surface area contributed by atoms with E-state index >= 15 is 0 Å². The molecular formula is C15H29N3O7. The summed E-state index contributed by atoms with van der Waals surface area (Å²) in [6.45, 7) is 4.02. The van der Waals surface area contributed by atoms with Crippen LogP contribution < -0.4 is 17.2 Å². The molecule has 0 amide bonds. The Hall–Kier alpha value is -1.75. The third-order valence-corrected chi connectivity index (χ3v) is 3.11. The number of hydrogen-bond acceptors (Lipinski definition) is 10. The normalized spacial score (nSPS) is 15.8. The van der Waals surface area contributed by atoms with Gasteiger partial charge in [0.1, 0.15) is 25.3 Å². The molecule has 146 valence electrons. The summed E-state index contributed by atoms with van der Waals surface area (Å²) in [7, 11) is 0. The number of esters is 3. The van der Waals surface area contributed by atoms with Crippen LogP contribution in [-0.2, 0) is 28.6 Å². The molecular weight excluding hydrogens is 334 g/mol. The number of aliphatic hydroxyl groups is 1. The molecule has 0 aromatic carbocycles. The van der Waals surface area contributed by atoms with Crippen molar-refractivity contribution in [1.29, 1.82) is 0 Å². The van der Waals surface area contributed by atoms with Gasteiger partial charge in [0.25, 0.3) is 0 Å². The van der Waals surface area contributed by atoms with Gasteiger partial charge in [-0.25, -0.2) is 0 Å². The van der Waals surface area contributed by atoms with Gasteiger partial charge in [0.05, 0.1) is 12.6 Å². The molecule has 0 aliphatic carbocycles. The van der Waals surface area contributed by atoms with Gasteiger partial charge in [0.15, 0.2) is 6.10 Å². The van der Waals surface area contributed by atoms with E-state index in [0.29, 0.717) is 6.42 Å². The molecule has 0 bridgehead atoms. The lowest BCUT2D eigenvalue weighted by Gasteiger charge is -2.22. The van der Waals surface area contributed by atoms with Gasteiger partial charge >= 0.3 is 17.9 Å². The van der Waals surface area contributed by atoms with Gasteiger partial charge < -0.3 is 36.5 Å². The zero-order valence-corrected chi connectivity index (χ0v) is 14.8. The Kier molecular flexibility index (Phi) is 10.9. The summed E-state index contributed by atoms with van der Waals surface area (Å²) in [5.41, 5.74) is 16.3. The second-order valence-corrected chi connectivity index (χ2v) is 6.08. The molecule has 0 aromatic heterocycles. The quantitative estimate of drug-likeness (QED) is 0.237. The largest absolute Gasteiger partial charge is 0.461 e. The van der Waals surface area contributed by atoms with Gasteiger partial charge in [0.2, 0.25) is 0 Å². The first kappa shape index (κ1) is 23.2. The second-order valence-electron chi connectivity index (χ2n) is 6.08. The molecule has 0 aromatic rings. The van der Waals surface area contributed by atoms with Crippen LogP contribution in [0.2, 0.25) is 0 Å². The van der Waals surface area contributed by atoms with Crippen LogP contribution in [0.25, 0.3) is 0 Å². The molecule has 0 aliphatic rings. The van der Waals surface area contributed by atoms with E-state index in [4.69, 9.17) is 31.4 Å². The first-order valence-electron chi connectivity index (χ1n) is 8.00. The minimum atomic E-state index is -1.24. The fourth-order valence-corrected chi connectivity index (χ4v) is 1.68. The molecule has 0 spiro atoms. The third kappa shape index (κ3) is 9.97. The fraction of sp³-hybridized carbons (Fsp3) is 0.800. The smallest absolute Gasteiger partial charge is 0.325 e. The number of aliphatic hydroxyl groups excluding tert-OH is 1. The lowest BCUT2D eigenvalue weighted by atomic mass is 10.1. The van der Waals surface area contributed by atoms with Crippen LogP contribution in [0.5, 0.6) is 0 Å². The minimum Gasteiger partial charge on any atom is -0.461 e. The fourth-order valence-electron chi connectivity index (χ4n) is 1.68. The van der Waals surface area contributed by atoms with Gasteiger partial charge in [-0.1, -0.05) is 13.8 Å². The standard InChI is InChI=1S/C15H29N3O7/c1-8(2)4-11(17)14(21)25-10(6-23-12(20)5-16)7-24-15(22)13(18)9(3)19/h8-11,13,19H,4-7,16-18H2,1-3H3/t9-,10?,11+,13+/m1/s1. The van der Waals surface area contributed by atoms with Crippen LogP contribution in [0.3, 0.4) is 0 Å². The van der Waals surface area contributed by atoms with Crippen molar-refractivity contribution >= 4 is 17.9 Å². The SMILES string of the molecule is CC(C)C[C@H](N)C(=O)OC(COC(=O)CN)COC(=O)[C@@H](N)[C@@H](C)O. The summed E-state index contributed by atoms with van der Waals surface area (Å²) in [6, 6.07) is -2.10. The van der Waals surface area contributed by atoms with Crippen LogP contribution in [0.15, 0.2) is 0 Å². The van der Waals surface area contributed by atoms with Crippen molar-refractivity contribution in [3.05, 3.63) is 0 Å². The molecule has 10 nitrogen and oxygen atoms in total. The lowest BCUT2D eigenvalue weighted by molar-refractivity contribution is -0.168. The number of nitrogens with two attached hydrogens (primary N) is 3. The molecule has 25 heavy (non-hydrogen) atoms. The van der Waals surface area contributed by atoms with Crippen LogP contribution in [0.1, 0.15) is 27.2 Å². The van der Waals surface area contributed by atoms with Crippen LogP contribution >= 0.6 is 0 Å². The molecule has 1 unspecified atom stereocenters. The average molecular weight is 363 g/mol. The Bertz CT molecular complexity index is 443. The van der Waals surface area contributed by atoms with Crippen molar-refractivity contribution in [2.45, 2.75) is 51.5 Å². The van der Waals surface area contributed by atoms with Gasteiger partial charge in [-0.3, -0.25) is 14.4 Å². The summed E-state index contributed by atoms with van der Waals surface area (Å²) in [5.74, 6) is -2.12. The van der Waals surface area contributed by atoms with Crippen molar-refractivity contribution in [2.24, 2.45) is 23.1 Å². The van der Waals surface area contributed by atoms with Crippen molar-refractivity contribution in [3.63, 3.8) is 0 Å². The van der Waals surface area contributed by atoms with Crippen molar-refractivity contribution in [2.75, 3.05) is 19.8 Å². The van der Waals surface area contributed by atoms with Gasteiger partial charge in [-0.2, -0.15) is 0 Å². The Balaban J connectivity index is 4.72. The zero-order valence-electron chi connectivity index (χ0n) is 14.8. The lowest BCUT2D eigenvalue weighted by Crippen LogP contribution is -2.44. The maximum atomic E-state index is 12.0. The minimum absolute atomic E-state index is 0.179. The Morgan fingerprint density at radius 1 is 1.00 bits per heavy atom. The molecule has 0 rings (SSSR count). The highest BCUT2D eigenvalue weighted by atomic mass is 16.6. The maximum absolute atomic E-state index is 12.0. The number of rotatable bonds is 11. The van der Waals surface area contributed by atoms with Crippen LogP contribution in [0, 0.1) is 5.92 Å². The maximum Gasteiger partial charge on any atom is 0.325 e. The van der Waals surface area contributed by atoms with E-state index in [1.165, 1.54) is 6.92 Å². The second kappa shape index (κ2) is 11.7. The summed E-state index contributed by atoms with van der Waals surface area (Å²) in [5, 5.41) is 9.26. The molecule has 4 atom stereocenters. The van der Waals surface area contributed by atoms with E-state index in [-0.39, 0.29) is 19.1 Å². The van der Waals surface area contributed by atoms with Crippen LogP contribution in [0.4, 0.5) is 0 Å². The van der Waals surface area contributed by atoms with Crippen molar-refractivity contribution in [1.82, 2.24) is 0 Å². The Labute approximate surface area is 146 Å². The third-order valence-electron chi connectivity index (χ3n) is 3.11. The summed E-state index contributed by atoms with van der Waals surface area (Å²) < 4.78 is 14.8. The molecule has 0 aliphatic heterocycles. The van der Waals surface area contributed by atoms with Crippen molar-refractivity contribution < 1.29 is 33.7 Å². The van der Waals surface area contributed by atoms with E-state index in [9.17, 15) is 19.5 Å². The van der Waals surface area contributed by atoms with E-state index in [1.807, 2.05) is 13.8 Å². The monoisotopic (exact) mass is 363 g/mol. The van der Waals surface area contributed by atoms with Gasteiger partial charge in [0, 0.05) is 0 Å².